The lowest BCUT2D eigenvalue weighted by molar-refractivity contribution is 0.0385. The molecule has 1 heteroatoms. The van der Waals surface area contributed by atoms with Gasteiger partial charge in [-0.3, -0.25) is 0 Å². The molecule has 0 unspecified atom stereocenters. The maximum absolute atomic E-state index is 6.28. The highest BCUT2D eigenvalue weighted by atomic mass is 16.5. The van der Waals surface area contributed by atoms with Crippen LogP contribution < -0.4 is 0 Å². The van der Waals surface area contributed by atoms with Gasteiger partial charge in [-0.1, -0.05) is 66.7 Å². The van der Waals surface area contributed by atoms with Crippen LogP contribution in [-0.2, 0) is 11.2 Å². The zero-order valence-corrected chi connectivity index (χ0v) is 11.6. The molecule has 3 atom stereocenters. The van der Waals surface area contributed by atoms with Crippen LogP contribution in [-0.4, -0.2) is 6.10 Å². The smallest absolute Gasteiger partial charge is 0.0892 e. The Labute approximate surface area is 120 Å². The highest BCUT2D eigenvalue weighted by Crippen LogP contribution is 2.39. The van der Waals surface area contributed by atoms with Gasteiger partial charge in [-0.2, -0.15) is 0 Å². The fourth-order valence-corrected chi connectivity index (χ4v) is 2.99. The van der Waals surface area contributed by atoms with Crippen LogP contribution in [0.15, 0.2) is 73.3 Å². The molecule has 0 bridgehead atoms. The minimum absolute atomic E-state index is 0.155. The van der Waals surface area contributed by atoms with Gasteiger partial charge in [0.25, 0.3) is 0 Å². The molecule has 0 N–H and O–H groups in total. The molecule has 1 aliphatic heterocycles. The van der Waals surface area contributed by atoms with Crippen LogP contribution in [0, 0.1) is 5.92 Å². The molecule has 0 saturated carbocycles. The van der Waals surface area contributed by atoms with E-state index < -0.39 is 0 Å². The van der Waals surface area contributed by atoms with E-state index in [0.717, 1.165) is 12.8 Å². The van der Waals surface area contributed by atoms with Gasteiger partial charge < -0.3 is 4.74 Å². The van der Waals surface area contributed by atoms with Crippen LogP contribution in [0.4, 0.5) is 0 Å². The van der Waals surface area contributed by atoms with Crippen molar-refractivity contribution in [3.8, 4) is 0 Å². The van der Waals surface area contributed by atoms with Crippen molar-refractivity contribution < 1.29 is 4.74 Å². The Bertz CT molecular complexity index is 546. The summed E-state index contributed by atoms with van der Waals surface area (Å²) in [5.74, 6) is 0.408. The standard InChI is InChI=1S/C19H20O/c1-2-16-14-18(13-15-9-5-3-6-10-15)20-19(16)17-11-7-4-8-12-17/h2-12,16,18-19H,1,13-14H2/t16-,18+,19+/m0/s1. The van der Waals surface area contributed by atoms with Crippen molar-refractivity contribution in [1.29, 1.82) is 0 Å². The molecule has 0 spiro atoms. The molecular weight excluding hydrogens is 244 g/mol. The summed E-state index contributed by atoms with van der Waals surface area (Å²) in [6.07, 6.45) is 4.52. The van der Waals surface area contributed by atoms with E-state index in [9.17, 15) is 0 Å². The van der Waals surface area contributed by atoms with Gasteiger partial charge in [-0.25, -0.2) is 0 Å². The van der Waals surface area contributed by atoms with Gasteiger partial charge in [-0.15, -0.1) is 6.58 Å². The predicted molar refractivity (Wildman–Crippen MR) is 82.5 cm³/mol. The monoisotopic (exact) mass is 264 g/mol. The van der Waals surface area contributed by atoms with Gasteiger partial charge in [-0.05, 0) is 24.0 Å². The van der Waals surface area contributed by atoms with E-state index in [-0.39, 0.29) is 12.2 Å². The maximum atomic E-state index is 6.28. The van der Waals surface area contributed by atoms with Gasteiger partial charge >= 0.3 is 0 Å². The van der Waals surface area contributed by atoms with Crippen LogP contribution in [0.25, 0.3) is 0 Å². The summed E-state index contributed by atoms with van der Waals surface area (Å²) in [4.78, 5) is 0. The number of hydrogen-bond donors (Lipinski definition) is 0. The Morgan fingerprint density at radius 1 is 1.00 bits per heavy atom. The predicted octanol–water partition coefficient (Wildman–Crippen LogP) is 4.56. The average Bonchev–Trinajstić information content (AvgIpc) is 2.92. The van der Waals surface area contributed by atoms with E-state index in [0.29, 0.717) is 5.92 Å². The zero-order valence-electron chi connectivity index (χ0n) is 11.6. The topological polar surface area (TPSA) is 9.23 Å². The van der Waals surface area contributed by atoms with E-state index in [1.807, 2.05) is 12.1 Å². The Morgan fingerprint density at radius 3 is 2.30 bits per heavy atom. The third-order valence-electron chi connectivity index (χ3n) is 4.00. The lowest BCUT2D eigenvalue weighted by atomic mass is 9.93. The Kier molecular flexibility index (Phi) is 3.98. The zero-order chi connectivity index (χ0) is 13.8. The third kappa shape index (κ3) is 2.83. The van der Waals surface area contributed by atoms with Gasteiger partial charge in [0.1, 0.15) is 0 Å². The second-order valence-electron chi connectivity index (χ2n) is 5.41. The van der Waals surface area contributed by atoms with Crippen LogP contribution >= 0.6 is 0 Å². The number of benzene rings is 2. The first kappa shape index (κ1) is 13.1. The quantitative estimate of drug-likeness (QED) is 0.735. The molecule has 2 aromatic carbocycles. The Hall–Kier alpha value is -1.86. The van der Waals surface area contributed by atoms with E-state index in [1.165, 1.54) is 11.1 Å². The van der Waals surface area contributed by atoms with Crippen LogP contribution in [0.1, 0.15) is 23.7 Å². The summed E-state index contributed by atoms with van der Waals surface area (Å²) >= 11 is 0. The van der Waals surface area contributed by atoms with Crippen molar-refractivity contribution in [3.05, 3.63) is 84.4 Å². The second-order valence-corrected chi connectivity index (χ2v) is 5.41. The van der Waals surface area contributed by atoms with Crippen LogP contribution in [0.2, 0.25) is 0 Å². The molecule has 2 aromatic rings. The van der Waals surface area contributed by atoms with E-state index in [1.54, 1.807) is 0 Å². The molecule has 1 fully saturated rings. The molecule has 0 amide bonds. The maximum Gasteiger partial charge on any atom is 0.0892 e. The highest BCUT2D eigenvalue weighted by molar-refractivity contribution is 5.22. The summed E-state index contributed by atoms with van der Waals surface area (Å²) in [5, 5.41) is 0. The van der Waals surface area contributed by atoms with E-state index in [2.05, 4.69) is 61.2 Å². The first-order valence-electron chi connectivity index (χ1n) is 7.23. The summed E-state index contributed by atoms with van der Waals surface area (Å²) in [7, 11) is 0. The molecule has 102 valence electrons. The van der Waals surface area contributed by atoms with Crippen molar-refractivity contribution in [2.24, 2.45) is 5.92 Å². The molecule has 1 heterocycles. The first-order valence-corrected chi connectivity index (χ1v) is 7.23. The SMILES string of the molecule is C=C[C@H]1C[C@@H](Cc2ccccc2)O[C@H]1c1ccccc1. The summed E-state index contributed by atoms with van der Waals surface area (Å²) in [6, 6.07) is 21.0. The fraction of sp³-hybridized carbons (Fsp3) is 0.263. The minimum Gasteiger partial charge on any atom is -0.369 e. The van der Waals surface area contributed by atoms with Crippen molar-refractivity contribution in [2.75, 3.05) is 0 Å². The van der Waals surface area contributed by atoms with Crippen molar-refractivity contribution in [3.63, 3.8) is 0 Å². The molecule has 1 nitrogen and oxygen atoms in total. The molecule has 1 saturated heterocycles. The summed E-state index contributed by atoms with van der Waals surface area (Å²) in [5.41, 5.74) is 2.60. The average molecular weight is 264 g/mol. The first-order chi connectivity index (χ1) is 9.86. The second kappa shape index (κ2) is 6.06. The van der Waals surface area contributed by atoms with Crippen LogP contribution in [0.3, 0.4) is 0 Å². The molecular formula is C19H20O. The Balaban J connectivity index is 1.73. The highest BCUT2D eigenvalue weighted by Gasteiger charge is 2.34. The van der Waals surface area contributed by atoms with Crippen molar-refractivity contribution in [2.45, 2.75) is 25.0 Å². The van der Waals surface area contributed by atoms with Crippen LogP contribution in [0.5, 0.6) is 0 Å². The van der Waals surface area contributed by atoms with Gasteiger partial charge in [0.2, 0.25) is 0 Å². The molecule has 3 rings (SSSR count). The molecule has 0 radical (unpaired) electrons. The van der Waals surface area contributed by atoms with Gasteiger partial charge in [0, 0.05) is 5.92 Å². The lowest BCUT2D eigenvalue weighted by Gasteiger charge is -2.16. The number of ether oxygens (including phenoxy) is 1. The third-order valence-corrected chi connectivity index (χ3v) is 4.00. The van der Waals surface area contributed by atoms with Gasteiger partial charge in [0.05, 0.1) is 12.2 Å². The van der Waals surface area contributed by atoms with Crippen molar-refractivity contribution in [1.82, 2.24) is 0 Å². The lowest BCUT2D eigenvalue weighted by Crippen LogP contribution is -2.10. The minimum atomic E-state index is 0.155. The summed E-state index contributed by atoms with van der Waals surface area (Å²) < 4.78 is 6.28. The van der Waals surface area contributed by atoms with E-state index >= 15 is 0 Å². The normalized spacial score (nSPS) is 25.5. The Morgan fingerprint density at radius 2 is 1.65 bits per heavy atom. The number of rotatable bonds is 4. The van der Waals surface area contributed by atoms with Gasteiger partial charge in [0.15, 0.2) is 0 Å². The summed E-state index contributed by atoms with van der Waals surface area (Å²) in [6.45, 7) is 3.98. The molecule has 0 aromatic heterocycles. The molecule has 0 aliphatic carbocycles. The molecule has 1 aliphatic rings. The number of hydrogen-bond acceptors (Lipinski definition) is 1. The fourth-order valence-electron chi connectivity index (χ4n) is 2.99. The van der Waals surface area contributed by atoms with E-state index in [4.69, 9.17) is 4.74 Å². The largest absolute Gasteiger partial charge is 0.369 e. The molecule has 20 heavy (non-hydrogen) atoms. The van der Waals surface area contributed by atoms with Crippen molar-refractivity contribution >= 4 is 0 Å².